The molecule has 0 aliphatic heterocycles. The van der Waals surface area contributed by atoms with Crippen LogP contribution in [0.4, 0.5) is 0 Å². The van der Waals surface area contributed by atoms with Crippen LogP contribution in [-0.4, -0.2) is 0 Å². The number of hydrogen-bond acceptors (Lipinski definition) is 0. The molecule has 2 aliphatic carbocycles. The van der Waals surface area contributed by atoms with Crippen LogP contribution in [0.25, 0.3) is 0 Å². The van der Waals surface area contributed by atoms with Crippen LogP contribution in [0.15, 0.2) is 23.3 Å². The predicted molar refractivity (Wildman–Crippen MR) is 48.4 cm³/mol. The van der Waals surface area contributed by atoms with Gasteiger partial charge in [0.1, 0.15) is 0 Å². The highest BCUT2D eigenvalue weighted by molar-refractivity contribution is 5.27. The first kappa shape index (κ1) is 7.15. The average molecular weight is 148 g/mol. The Hall–Kier alpha value is -0.520. The summed E-state index contributed by atoms with van der Waals surface area (Å²) in [6, 6.07) is 0. The van der Waals surface area contributed by atoms with Crippen LogP contribution in [0, 0.1) is 5.92 Å². The fourth-order valence-corrected chi connectivity index (χ4v) is 2.41. The van der Waals surface area contributed by atoms with Crippen molar-refractivity contribution in [2.45, 2.75) is 39.0 Å². The van der Waals surface area contributed by atoms with Crippen molar-refractivity contribution < 1.29 is 0 Å². The number of hydrogen-bond donors (Lipinski definition) is 0. The van der Waals surface area contributed by atoms with Crippen molar-refractivity contribution in [2.75, 3.05) is 0 Å². The standard InChI is InChI=1S/C11H16/c1-2-3-4-10-7-9-5-6-11(10)8-9/h2-3,9H,4-8H2,1H3/b3-2+. The molecular formula is C11H16. The van der Waals surface area contributed by atoms with Crippen molar-refractivity contribution in [2.24, 2.45) is 5.92 Å². The number of allylic oxidation sites excluding steroid dienone is 4. The van der Waals surface area contributed by atoms with Crippen LogP contribution in [0.2, 0.25) is 0 Å². The Morgan fingerprint density at radius 3 is 2.91 bits per heavy atom. The van der Waals surface area contributed by atoms with E-state index < -0.39 is 0 Å². The van der Waals surface area contributed by atoms with Gasteiger partial charge in [0.2, 0.25) is 0 Å². The monoisotopic (exact) mass is 148 g/mol. The highest BCUT2D eigenvalue weighted by Crippen LogP contribution is 2.45. The van der Waals surface area contributed by atoms with Gasteiger partial charge in [0.05, 0.1) is 0 Å². The zero-order valence-corrected chi connectivity index (χ0v) is 7.27. The second-order valence-corrected chi connectivity index (χ2v) is 3.79. The van der Waals surface area contributed by atoms with E-state index in [1.807, 2.05) is 0 Å². The van der Waals surface area contributed by atoms with Crippen LogP contribution in [-0.2, 0) is 0 Å². The molecular weight excluding hydrogens is 132 g/mol. The molecule has 0 radical (unpaired) electrons. The van der Waals surface area contributed by atoms with Crippen LogP contribution >= 0.6 is 0 Å². The minimum Gasteiger partial charge on any atom is -0.0913 e. The van der Waals surface area contributed by atoms with Gasteiger partial charge >= 0.3 is 0 Å². The summed E-state index contributed by atoms with van der Waals surface area (Å²) in [7, 11) is 0. The fraction of sp³-hybridized carbons (Fsp3) is 0.636. The quantitative estimate of drug-likeness (QED) is 0.526. The summed E-state index contributed by atoms with van der Waals surface area (Å²) in [5.74, 6) is 1.05. The summed E-state index contributed by atoms with van der Waals surface area (Å²) in [5.41, 5.74) is 3.56. The van der Waals surface area contributed by atoms with E-state index in [4.69, 9.17) is 0 Å². The van der Waals surface area contributed by atoms with Gasteiger partial charge in [-0.05, 0) is 44.9 Å². The third-order valence-corrected chi connectivity index (χ3v) is 3.02. The van der Waals surface area contributed by atoms with Gasteiger partial charge < -0.3 is 0 Å². The maximum absolute atomic E-state index is 2.29. The van der Waals surface area contributed by atoms with E-state index in [2.05, 4.69) is 19.1 Å². The molecule has 1 unspecified atom stereocenters. The van der Waals surface area contributed by atoms with E-state index in [1.54, 1.807) is 11.1 Å². The third-order valence-electron chi connectivity index (χ3n) is 3.02. The second-order valence-electron chi connectivity index (χ2n) is 3.79. The van der Waals surface area contributed by atoms with Crippen molar-refractivity contribution in [3.8, 4) is 0 Å². The molecule has 2 aliphatic rings. The van der Waals surface area contributed by atoms with Gasteiger partial charge in [-0.25, -0.2) is 0 Å². The maximum Gasteiger partial charge on any atom is -0.0136 e. The molecule has 1 saturated carbocycles. The van der Waals surface area contributed by atoms with Gasteiger partial charge in [0.15, 0.2) is 0 Å². The van der Waals surface area contributed by atoms with E-state index in [1.165, 1.54) is 32.1 Å². The Balaban J connectivity index is 2.04. The topological polar surface area (TPSA) is 0 Å². The molecule has 0 N–H and O–H groups in total. The summed E-state index contributed by atoms with van der Waals surface area (Å²) in [6.45, 7) is 2.11. The first-order valence-corrected chi connectivity index (χ1v) is 4.71. The highest BCUT2D eigenvalue weighted by Gasteiger charge is 2.28. The van der Waals surface area contributed by atoms with Crippen LogP contribution in [0.3, 0.4) is 0 Å². The van der Waals surface area contributed by atoms with E-state index >= 15 is 0 Å². The van der Waals surface area contributed by atoms with Crippen molar-refractivity contribution in [3.63, 3.8) is 0 Å². The highest BCUT2D eigenvalue weighted by atomic mass is 14.3. The smallest absolute Gasteiger partial charge is 0.0136 e. The molecule has 2 rings (SSSR count). The summed E-state index contributed by atoms with van der Waals surface area (Å²) >= 11 is 0. The second kappa shape index (κ2) is 2.84. The minimum absolute atomic E-state index is 1.05. The molecule has 0 aromatic rings. The Morgan fingerprint density at radius 1 is 1.45 bits per heavy atom. The Morgan fingerprint density at radius 2 is 2.36 bits per heavy atom. The molecule has 1 atom stereocenters. The molecule has 0 saturated heterocycles. The molecule has 1 fully saturated rings. The summed E-state index contributed by atoms with van der Waals surface area (Å²) < 4.78 is 0. The van der Waals surface area contributed by atoms with Gasteiger partial charge in [-0.2, -0.15) is 0 Å². The lowest BCUT2D eigenvalue weighted by atomic mass is 9.97. The predicted octanol–water partition coefficient (Wildman–Crippen LogP) is 3.45. The zero-order valence-electron chi connectivity index (χ0n) is 7.27. The van der Waals surface area contributed by atoms with Crippen LogP contribution in [0.1, 0.15) is 39.0 Å². The number of rotatable bonds is 2. The largest absolute Gasteiger partial charge is 0.0913 e. The lowest BCUT2D eigenvalue weighted by Crippen LogP contribution is -1.93. The summed E-state index contributed by atoms with van der Waals surface area (Å²) in [5, 5.41) is 0. The molecule has 60 valence electrons. The third kappa shape index (κ3) is 1.26. The van der Waals surface area contributed by atoms with E-state index in [9.17, 15) is 0 Å². The maximum atomic E-state index is 2.29. The first-order chi connectivity index (χ1) is 5.40. The van der Waals surface area contributed by atoms with Crippen molar-refractivity contribution in [3.05, 3.63) is 23.3 Å². The van der Waals surface area contributed by atoms with E-state index in [-0.39, 0.29) is 0 Å². The first-order valence-electron chi connectivity index (χ1n) is 4.71. The molecule has 0 amide bonds. The van der Waals surface area contributed by atoms with E-state index in [0.717, 1.165) is 5.92 Å². The van der Waals surface area contributed by atoms with Crippen molar-refractivity contribution in [1.82, 2.24) is 0 Å². The molecule has 0 nitrogen and oxygen atoms in total. The van der Waals surface area contributed by atoms with Crippen molar-refractivity contribution >= 4 is 0 Å². The average Bonchev–Trinajstić information content (AvgIpc) is 2.60. The van der Waals surface area contributed by atoms with E-state index in [0.29, 0.717) is 0 Å². The zero-order chi connectivity index (χ0) is 7.68. The van der Waals surface area contributed by atoms with Gasteiger partial charge in [0.25, 0.3) is 0 Å². The Bertz CT molecular complexity index is 208. The lowest BCUT2D eigenvalue weighted by Gasteiger charge is -2.09. The Labute approximate surface area is 69.0 Å². The fourth-order valence-electron chi connectivity index (χ4n) is 2.41. The van der Waals surface area contributed by atoms with Crippen molar-refractivity contribution in [1.29, 1.82) is 0 Å². The van der Waals surface area contributed by atoms with Gasteiger partial charge in [0, 0.05) is 0 Å². The summed E-state index contributed by atoms with van der Waals surface area (Å²) in [4.78, 5) is 0. The molecule has 2 bridgehead atoms. The molecule has 0 spiro atoms. The van der Waals surface area contributed by atoms with Crippen LogP contribution < -0.4 is 0 Å². The molecule has 0 aromatic heterocycles. The molecule has 11 heavy (non-hydrogen) atoms. The summed E-state index contributed by atoms with van der Waals surface area (Å²) in [6.07, 6.45) is 11.4. The van der Waals surface area contributed by atoms with Gasteiger partial charge in [-0.3, -0.25) is 0 Å². The SMILES string of the molecule is C/C=C/CC1=C2CCC(C1)C2. The molecule has 0 aromatic carbocycles. The number of fused-ring (bicyclic) bond motifs is 2. The van der Waals surface area contributed by atoms with Crippen LogP contribution in [0.5, 0.6) is 0 Å². The normalized spacial score (nSPS) is 29.4. The van der Waals surface area contributed by atoms with Gasteiger partial charge in [-0.15, -0.1) is 0 Å². The van der Waals surface area contributed by atoms with Gasteiger partial charge in [-0.1, -0.05) is 23.3 Å². The lowest BCUT2D eigenvalue weighted by molar-refractivity contribution is 0.559. The Kier molecular flexibility index (Phi) is 1.85. The minimum atomic E-state index is 1.05. The molecule has 0 heteroatoms. The molecule has 0 heterocycles.